The molecular formula is C19H23N3. The van der Waals surface area contributed by atoms with Crippen LogP contribution in [0.2, 0.25) is 0 Å². The Balaban J connectivity index is 2.10. The number of hydrogen-bond donors (Lipinski definition) is 0. The predicted octanol–water partition coefficient (Wildman–Crippen LogP) is 4.39. The van der Waals surface area contributed by atoms with E-state index in [9.17, 15) is 5.26 Å². The quantitative estimate of drug-likeness (QED) is 0.782. The van der Waals surface area contributed by atoms with Gasteiger partial charge in [0.25, 0.3) is 0 Å². The van der Waals surface area contributed by atoms with Crippen molar-refractivity contribution in [3.05, 3.63) is 35.4 Å². The summed E-state index contributed by atoms with van der Waals surface area (Å²) in [5.74, 6) is 0.859. The van der Waals surface area contributed by atoms with Crippen LogP contribution in [0.5, 0.6) is 0 Å². The number of nitriles is 1. The number of fused-ring (bicyclic) bond motifs is 1. The average molecular weight is 293 g/mol. The van der Waals surface area contributed by atoms with Crippen LogP contribution in [0.25, 0.3) is 10.9 Å². The van der Waals surface area contributed by atoms with Crippen molar-refractivity contribution in [3.8, 4) is 6.07 Å². The van der Waals surface area contributed by atoms with E-state index < -0.39 is 0 Å². The number of nitrogens with zero attached hydrogens (tertiary/aromatic N) is 3. The Hall–Kier alpha value is -2.08. The second-order valence-electron chi connectivity index (χ2n) is 7.18. The third-order valence-electron chi connectivity index (χ3n) is 4.44. The highest BCUT2D eigenvalue weighted by atomic mass is 15.2. The monoisotopic (exact) mass is 293 g/mol. The van der Waals surface area contributed by atoms with E-state index in [0.29, 0.717) is 5.56 Å². The van der Waals surface area contributed by atoms with Crippen LogP contribution >= 0.6 is 0 Å². The number of piperidine rings is 1. The molecule has 1 aromatic carbocycles. The van der Waals surface area contributed by atoms with Crippen molar-refractivity contribution in [1.29, 1.82) is 5.26 Å². The Morgan fingerprint density at radius 3 is 2.45 bits per heavy atom. The molecule has 0 N–H and O–H groups in total. The van der Waals surface area contributed by atoms with Crippen LogP contribution in [0.1, 0.15) is 51.2 Å². The first kappa shape index (κ1) is 14.8. The van der Waals surface area contributed by atoms with E-state index in [1.807, 2.05) is 6.07 Å². The Kier molecular flexibility index (Phi) is 3.78. The lowest BCUT2D eigenvalue weighted by atomic mass is 9.86. The lowest BCUT2D eigenvalue weighted by Gasteiger charge is -2.28. The molecule has 0 atom stereocenters. The van der Waals surface area contributed by atoms with E-state index in [4.69, 9.17) is 4.98 Å². The summed E-state index contributed by atoms with van der Waals surface area (Å²) >= 11 is 0. The van der Waals surface area contributed by atoms with Crippen molar-refractivity contribution in [2.45, 2.75) is 45.4 Å². The van der Waals surface area contributed by atoms with Crippen LogP contribution in [0.3, 0.4) is 0 Å². The highest BCUT2D eigenvalue weighted by molar-refractivity contribution is 5.84. The van der Waals surface area contributed by atoms with Crippen molar-refractivity contribution in [3.63, 3.8) is 0 Å². The molecule has 2 aromatic rings. The van der Waals surface area contributed by atoms with Crippen molar-refractivity contribution >= 4 is 16.7 Å². The first-order chi connectivity index (χ1) is 10.5. The number of aromatic nitrogens is 1. The molecule has 0 radical (unpaired) electrons. The van der Waals surface area contributed by atoms with Crippen molar-refractivity contribution in [1.82, 2.24) is 4.98 Å². The van der Waals surface area contributed by atoms with Gasteiger partial charge in [0.15, 0.2) is 0 Å². The summed E-state index contributed by atoms with van der Waals surface area (Å²) in [5, 5.41) is 10.6. The minimum atomic E-state index is 0.104. The molecular weight excluding hydrogens is 270 g/mol. The highest BCUT2D eigenvalue weighted by Crippen LogP contribution is 2.29. The van der Waals surface area contributed by atoms with E-state index in [0.717, 1.165) is 29.8 Å². The summed E-state index contributed by atoms with van der Waals surface area (Å²) < 4.78 is 0. The summed E-state index contributed by atoms with van der Waals surface area (Å²) in [4.78, 5) is 7.06. The average Bonchev–Trinajstić information content (AvgIpc) is 2.53. The molecule has 114 valence electrons. The van der Waals surface area contributed by atoms with Crippen LogP contribution in [0.4, 0.5) is 5.82 Å². The second kappa shape index (κ2) is 5.61. The van der Waals surface area contributed by atoms with Crippen LogP contribution in [0.15, 0.2) is 24.3 Å². The molecule has 3 nitrogen and oxygen atoms in total. The SMILES string of the molecule is CC(C)(C)c1ccc2nc(N3CCCCC3)c(C#N)cc2c1. The lowest BCUT2D eigenvalue weighted by molar-refractivity contribution is 0.573. The fourth-order valence-corrected chi connectivity index (χ4v) is 3.06. The van der Waals surface area contributed by atoms with Gasteiger partial charge in [-0.2, -0.15) is 5.26 Å². The Morgan fingerprint density at radius 2 is 1.82 bits per heavy atom. The molecule has 22 heavy (non-hydrogen) atoms. The maximum absolute atomic E-state index is 9.52. The van der Waals surface area contributed by atoms with Gasteiger partial charge in [0, 0.05) is 18.5 Å². The summed E-state index contributed by atoms with van der Waals surface area (Å²) in [7, 11) is 0. The summed E-state index contributed by atoms with van der Waals surface area (Å²) in [6.07, 6.45) is 3.65. The molecule has 0 unspecified atom stereocenters. The first-order valence-electron chi connectivity index (χ1n) is 8.09. The summed E-state index contributed by atoms with van der Waals surface area (Å²) in [6.45, 7) is 8.62. The fraction of sp³-hybridized carbons (Fsp3) is 0.474. The fourth-order valence-electron chi connectivity index (χ4n) is 3.06. The van der Waals surface area contributed by atoms with Gasteiger partial charge in [0.05, 0.1) is 11.1 Å². The molecule has 2 heterocycles. The largest absolute Gasteiger partial charge is 0.356 e. The number of benzene rings is 1. The highest BCUT2D eigenvalue weighted by Gasteiger charge is 2.18. The minimum Gasteiger partial charge on any atom is -0.356 e. The van der Waals surface area contributed by atoms with E-state index in [2.05, 4.69) is 49.9 Å². The Morgan fingerprint density at radius 1 is 1.09 bits per heavy atom. The van der Waals surface area contributed by atoms with Crippen LogP contribution in [0, 0.1) is 11.3 Å². The smallest absolute Gasteiger partial charge is 0.147 e. The molecule has 0 aliphatic carbocycles. The van der Waals surface area contributed by atoms with Gasteiger partial charge < -0.3 is 4.90 Å². The molecule has 1 fully saturated rings. The van der Waals surface area contributed by atoms with Gasteiger partial charge in [-0.1, -0.05) is 26.8 Å². The van der Waals surface area contributed by atoms with Crippen molar-refractivity contribution < 1.29 is 0 Å². The third kappa shape index (κ3) is 2.78. The molecule has 1 aliphatic rings. The zero-order chi connectivity index (χ0) is 15.7. The molecule has 1 aliphatic heterocycles. The molecule has 1 aromatic heterocycles. The zero-order valence-electron chi connectivity index (χ0n) is 13.7. The van der Waals surface area contributed by atoms with Gasteiger partial charge in [-0.3, -0.25) is 0 Å². The third-order valence-corrected chi connectivity index (χ3v) is 4.44. The van der Waals surface area contributed by atoms with Gasteiger partial charge in [-0.25, -0.2) is 4.98 Å². The standard InChI is InChI=1S/C19H23N3/c1-19(2,3)16-7-8-17-14(12-16)11-15(13-20)18(21-17)22-9-5-4-6-10-22/h7-8,11-12H,4-6,9-10H2,1-3H3. The summed E-state index contributed by atoms with van der Waals surface area (Å²) in [5.41, 5.74) is 3.05. The van der Waals surface area contributed by atoms with Gasteiger partial charge in [0.1, 0.15) is 11.9 Å². The van der Waals surface area contributed by atoms with Gasteiger partial charge in [0.2, 0.25) is 0 Å². The molecule has 0 bridgehead atoms. The minimum absolute atomic E-state index is 0.104. The van der Waals surface area contributed by atoms with Gasteiger partial charge in [-0.05, 0) is 48.4 Å². The second-order valence-corrected chi connectivity index (χ2v) is 7.18. The van der Waals surface area contributed by atoms with E-state index >= 15 is 0 Å². The zero-order valence-corrected chi connectivity index (χ0v) is 13.7. The molecule has 1 saturated heterocycles. The van der Waals surface area contributed by atoms with Crippen molar-refractivity contribution in [2.24, 2.45) is 0 Å². The Labute approximate surface area is 132 Å². The Bertz CT molecular complexity index is 729. The predicted molar refractivity (Wildman–Crippen MR) is 91.2 cm³/mol. The van der Waals surface area contributed by atoms with Crippen molar-refractivity contribution in [2.75, 3.05) is 18.0 Å². The molecule has 3 rings (SSSR count). The molecule has 3 heteroatoms. The van der Waals surface area contributed by atoms with E-state index in [1.165, 1.54) is 24.8 Å². The maximum Gasteiger partial charge on any atom is 0.147 e. The maximum atomic E-state index is 9.52. The van der Waals surface area contributed by atoms with Gasteiger partial charge >= 0.3 is 0 Å². The van der Waals surface area contributed by atoms with E-state index in [1.54, 1.807) is 0 Å². The summed E-state index contributed by atoms with van der Waals surface area (Å²) in [6, 6.07) is 10.8. The van der Waals surface area contributed by atoms with Crippen LogP contribution in [-0.4, -0.2) is 18.1 Å². The molecule has 0 amide bonds. The number of hydrogen-bond acceptors (Lipinski definition) is 3. The van der Waals surface area contributed by atoms with Crippen LogP contribution < -0.4 is 4.90 Å². The number of anilines is 1. The normalized spacial score (nSPS) is 15.8. The number of rotatable bonds is 1. The van der Waals surface area contributed by atoms with Gasteiger partial charge in [-0.15, -0.1) is 0 Å². The first-order valence-corrected chi connectivity index (χ1v) is 8.09. The molecule has 0 spiro atoms. The number of pyridine rings is 1. The van der Waals surface area contributed by atoms with E-state index in [-0.39, 0.29) is 5.41 Å². The van der Waals surface area contributed by atoms with Crippen LogP contribution in [-0.2, 0) is 5.41 Å². The topological polar surface area (TPSA) is 39.9 Å². The lowest BCUT2D eigenvalue weighted by Crippen LogP contribution is -2.30. The molecule has 0 saturated carbocycles.